The van der Waals surface area contributed by atoms with Crippen LogP contribution in [0.3, 0.4) is 0 Å². The molecule has 2 heterocycles. The fourth-order valence-corrected chi connectivity index (χ4v) is 1.96. The molecule has 0 bridgehead atoms. The van der Waals surface area contributed by atoms with Crippen LogP contribution < -0.4 is 10.7 Å². The minimum atomic E-state index is -0.954. The van der Waals surface area contributed by atoms with Gasteiger partial charge in [-0.15, -0.1) is 0 Å². The van der Waals surface area contributed by atoms with E-state index in [1.54, 1.807) is 5.01 Å². The Labute approximate surface area is 104 Å². The molecule has 2 amide bonds. The topological polar surface area (TPSA) is 100 Å². The van der Waals surface area contributed by atoms with Gasteiger partial charge in [0.05, 0.1) is 32.5 Å². The molecule has 8 nitrogen and oxygen atoms in total. The SMILES string of the molecule is O=C(NC1COCC1C(=O)O)NN1CCOCC1. The van der Waals surface area contributed by atoms with Gasteiger partial charge in [0.15, 0.2) is 0 Å². The number of nitrogens with one attached hydrogen (secondary N) is 2. The molecule has 0 radical (unpaired) electrons. The average molecular weight is 259 g/mol. The first-order valence-corrected chi connectivity index (χ1v) is 5.87. The van der Waals surface area contributed by atoms with E-state index in [4.69, 9.17) is 14.6 Å². The Bertz CT molecular complexity index is 319. The van der Waals surface area contributed by atoms with Gasteiger partial charge in [-0.1, -0.05) is 0 Å². The van der Waals surface area contributed by atoms with Gasteiger partial charge in [-0.2, -0.15) is 0 Å². The fraction of sp³-hybridized carbons (Fsp3) is 0.800. The van der Waals surface area contributed by atoms with Crippen LogP contribution >= 0.6 is 0 Å². The average Bonchev–Trinajstić information content (AvgIpc) is 2.78. The van der Waals surface area contributed by atoms with Gasteiger partial charge in [0, 0.05) is 13.1 Å². The third-order valence-electron chi connectivity index (χ3n) is 2.98. The second-order valence-electron chi connectivity index (χ2n) is 4.27. The van der Waals surface area contributed by atoms with Crippen LogP contribution in [0.25, 0.3) is 0 Å². The van der Waals surface area contributed by atoms with Crippen LogP contribution in [0.15, 0.2) is 0 Å². The maximum Gasteiger partial charge on any atom is 0.329 e. The molecule has 3 N–H and O–H groups in total. The highest BCUT2D eigenvalue weighted by Gasteiger charge is 2.35. The predicted octanol–water partition coefficient (Wildman–Crippen LogP) is -1.37. The number of carbonyl (C=O) groups is 2. The van der Waals surface area contributed by atoms with Crippen LogP contribution in [0.2, 0.25) is 0 Å². The number of aliphatic carboxylic acids is 1. The summed E-state index contributed by atoms with van der Waals surface area (Å²) in [5.41, 5.74) is 2.66. The lowest BCUT2D eigenvalue weighted by molar-refractivity contribution is -0.142. The van der Waals surface area contributed by atoms with E-state index in [1.165, 1.54) is 0 Å². The molecule has 2 atom stereocenters. The molecule has 0 saturated carbocycles. The van der Waals surface area contributed by atoms with Crippen LogP contribution in [0.4, 0.5) is 4.79 Å². The van der Waals surface area contributed by atoms with E-state index in [0.29, 0.717) is 26.3 Å². The monoisotopic (exact) mass is 259 g/mol. The molecule has 102 valence electrons. The first-order chi connectivity index (χ1) is 8.66. The highest BCUT2D eigenvalue weighted by molar-refractivity contribution is 5.76. The summed E-state index contributed by atoms with van der Waals surface area (Å²) in [6, 6.07) is -0.887. The summed E-state index contributed by atoms with van der Waals surface area (Å²) in [6.07, 6.45) is 0. The highest BCUT2D eigenvalue weighted by Crippen LogP contribution is 2.13. The van der Waals surface area contributed by atoms with Gasteiger partial charge in [-0.05, 0) is 0 Å². The molecule has 8 heteroatoms. The Hall–Kier alpha value is -1.38. The summed E-state index contributed by atoms with van der Waals surface area (Å²) < 4.78 is 10.2. The van der Waals surface area contributed by atoms with Crippen LogP contribution in [-0.2, 0) is 14.3 Å². The van der Waals surface area contributed by atoms with Crippen molar-refractivity contribution in [3.8, 4) is 0 Å². The summed E-state index contributed by atoms with van der Waals surface area (Å²) in [5.74, 6) is -1.63. The zero-order valence-electron chi connectivity index (χ0n) is 9.92. The Morgan fingerprint density at radius 3 is 2.56 bits per heavy atom. The zero-order valence-corrected chi connectivity index (χ0v) is 9.92. The smallest absolute Gasteiger partial charge is 0.329 e. The van der Waals surface area contributed by atoms with E-state index in [0.717, 1.165) is 0 Å². The maximum atomic E-state index is 11.7. The molecule has 18 heavy (non-hydrogen) atoms. The molecular weight excluding hydrogens is 242 g/mol. The summed E-state index contributed by atoms with van der Waals surface area (Å²) in [5, 5.41) is 13.3. The quantitative estimate of drug-likeness (QED) is 0.578. The Morgan fingerprint density at radius 1 is 1.17 bits per heavy atom. The summed E-state index contributed by atoms with van der Waals surface area (Å²) in [7, 11) is 0. The van der Waals surface area contributed by atoms with Crippen LogP contribution in [0.5, 0.6) is 0 Å². The first kappa shape index (κ1) is 13.1. The van der Waals surface area contributed by atoms with Crippen LogP contribution in [-0.4, -0.2) is 67.7 Å². The minimum absolute atomic E-state index is 0.137. The van der Waals surface area contributed by atoms with Gasteiger partial charge in [-0.3, -0.25) is 10.2 Å². The molecule has 2 aliphatic rings. The standard InChI is InChI=1S/C10H17N3O5/c14-9(15)7-5-18-6-8(7)11-10(16)12-13-1-3-17-4-2-13/h7-8H,1-6H2,(H,14,15)(H2,11,12,16). The number of urea groups is 1. The van der Waals surface area contributed by atoms with E-state index in [-0.39, 0.29) is 13.2 Å². The van der Waals surface area contributed by atoms with Gasteiger partial charge >= 0.3 is 12.0 Å². The van der Waals surface area contributed by atoms with Crippen LogP contribution in [0.1, 0.15) is 0 Å². The van der Waals surface area contributed by atoms with Gasteiger partial charge in [0.1, 0.15) is 5.92 Å². The lowest BCUT2D eigenvalue weighted by Crippen LogP contribution is -2.55. The van der Waals surface area contributed by atoms with Crippen molar-refractivity contribution in [1.29, 1.82) is 0 Å². The van der Waals surface area contributed by atoms with E-state index < -0.39 is 24.0 Å². The third-order valence-corrected chi connectivity index (χ3v) is 2.98. The summed E-state index contributed by atoms with van der Waals surface area (Å²) in [4.78, 5) is 22.6. The maximum absolute atomic E-state index is 11.7. The molecule has 2 unspecified atom stereocenters. The number of rotatable bonds is 3. The molecule has 0 aromatic carbocycles. The number of ether oxygens (including phenoxy) is 2. The van der Waals surface area contributed by atoms with Crippen molar-refractivity contribution in [2.24, 2.45) is 5.92 Å². The van der Waals surface area contributed by atoms with Crippen molar-refractivity contribution in [2.75, 3.05) is 39.5 Å². The molecule has 0 aromatic heterocycles. The number of hydrogen-bond acceptors (Lipinski definition) is 5. The molecule has 2 fully saturated rings. The lowest BCUT2D eigenvalue weighted by atomic mass is 10.0. The zero-order chi connectivity index (χ0) is 13.0. The van der Waals surface area contributed by atoms with E-state index in [9.17, 15) is 9.59 Å². The molecule has 0 aliphatic carbocycles. The second-order valence-corrected chi connectivity index (χ2v) is 4.27. The molecule has 2 rings (SSSR count). The van der Waals surface area contributed by atoms with Crippen molar-refractivity contribution in [3.63, 3.8) is 0 Å². The first-order valence-electron chi connectivity index (χ1n) is 5.87. The van der Waals surface area contributed by atoms with Crippen molar-refractivity contribution in [3.05, 3.63) is 0 Å². The number of nitrogens with zero attached hydrogens (tertiary/aromatic N) is 1. The van der Waals surface area contributed by atoms with Crippen molar-refractivity contribution >= 4 is 12.0 Å². The van der Waals surface area contributed by atoms with Gasteiger partial charge in [0.2, 0.25) is 0 Å². The summed E-state index contributed by atoms with van der Waals surface area (Å²) >= 11 is 0. The summed E-state index contributed by atoms with van der Waals surface area (Å²) in [6.45, 7) is 2.76. The van der Waals surface area contributed by atoms with E-state index in [1.807, 2.05) is 0 Å². The van der Waals surface area contributed by atoms with Crippen molar-refractivity contribution in [2.45, 2.75) is 6.04 Å². The van der Waals surface area contributed by atoms with Gasteiger partial charge < -0.3 is 19.9 Å². The number of carbonyl (C=O) groups excluding carboxylic acids is 1. The lowest BCUT2D eigenvalue weighted by Gasteiger charge is -2.27. The number of amides is 2. The second kappa shape index (κ2) is 5.98. The van der Waals surface area contributed by atoms with Gasteiger partial charge in [-0.25, -0.2) is 9.80 Å². The fourth-order valence-electron chi connectivity index (χ4n) is 1.96. The normalized spacial score (nSPS) is 28.9. The number of carboxylic acid groups (broad SMARTS) is 1. The van der Waals surface area contributed by atoms with E-state index in [2.05, 4.69) is 10.7 Å². The van der Waals surface area contributed by atoms with Crippen molar-refractivity contribution < 1.29 is 24.2 Å². The highest BCUT2D eigenvalue weighted by atomic mass is 16.5. The van der Waals surface area contributed by atoms with Crippen LogP contribution in [0, 0.1) is 5.92 Å². The number of hydrazine groups is 1. The van der Waals surface area contributed by atoms with Gasteiger partial charge in [0.25, 0.3) is 0 Å². The molecule has 0 aromatic rings. The largest absolute Gasteiger partial charge is 0.481 e. The number of morpholine rings is 1. The Balaban J connectivity index is 1.77. The molecular formula is C10H17N3O5. The Kier molecular flexibility index (Phi) is 4.34. The van der Waals surface area contributed by atoms with Crippen molar-refractivity contribution in [1.82, 2.24) is 15.8 Å². The predicted molar refractivity (Wildman–Crippen MR) is 59.8 cm³/mol. The number of carboxylic acids is 1. The number of hydrogen-bond donors (Lipinski definition) is 3. The minimum Gasteiger partial charge on any atom is -0.481 e. The molecule has 0 spiro atoms. The molecule has 2 saturated heterocycles. The third kappa shape index (κ3) is 3.31. The Morgan fingerprint density at radius 2 is 1.89 bits per heavy atom. The van der Waals surface area contributed by atoms with E-state index >= 15 is 0 Å². The molecule has 2 aliphatic heterocycles.